The van der Waals surface area contributed by atoms with Crippen LogP contribution >= 0.6 is 11.6 Å². The number of halogens is 2. The van der Waals surface area contributed by atoms with Gasteiger partial charge in [0.2, 0.25) is 0 Å². The normalized spacial score (nSPS) is 21.0. The third-order valence-corrected chi connectivity index (χ3v) is 4.69. The van der Waals surface area contributed by atoms with E-state index in [4.69, 9.17) is 11.6 Å². The van der Waals surface area contributed by atoms with Crippen molar-refractivity contribution >= 4 is 17.5 Å². The van der Waals surface area contributed by atoms with Gasteiger partial charge >= 0.3 is 0 Å². The molecule has 3 rings (SSSR count). The molecule has 24 heavy (non-hydrogen) atoms. The standard InChI is InChI=1S/C17H18ClFN4O/c1-23-7-4-12(9-22-17(24)15-10-20-5-6-21-15)16(23)11-2-3-13(18)14(19)8-11/h2-3,5-6,8,10,12,16H,4,7,9H2,1H3,(H,22,24)/t12-,16+/m1/s1. The minimum Gasteiger partial charge on any atom is -0.350 e. The smallest absolute Gasteiger partial charge is 0.271 e. The minimum atomic E-state index is -0.420. The van der Waals surface area contributed by atoms with Crippen LogP contribution < -0.4 is 5.32 Å². The Kier molecular flexibility index (Phi) is 5.06. The Balaban J connectivity index is 1.70. The van der Waals surface area contributed by atoms with E-state index in [1.807, 2.05) is 13.1 Å². The van der Waals surface area contributed by atoms with Gasteiger partial charge in [-0.1, -0.05) is 17.7 Å². The predicted octanol–water partition coefficient (Wildman–Crippen LogP) is 2.69. The summed E-state index contributed by atoms with van der Waals surface area (Å²) in [6.45, 7) is 1.38. The van der Waals surface area contributed by atoms with E-state index in [2.05, 4.69) is 20.2 Å². The van der Waals surface area contributed by atoms with Crippen molar-refractivity contribution in [2.24, 2.45) is 5.92 Å². The number of carbonyl (C=O) groups excluding carboxylic acids is 1. The van der Waals surface area contributed by atoms with Crippen LogP contribution in [-0.4, -0.2) is 40.9 Å². The molecule has 0 spiro atoms. The summed E-state index contributed by atoms with van der Waals surface area (Å²) in [7, 11) is 2.00. The molecule has 1 amide bonds. The van der Waals surface area contributed by atoms with Crippen LogP contribution in [0.1, 0.15) is 28.5 Å². The zero-order valence-electron chi connectivity index (χ0n) is 13.2. The van der Waals surface area contributed by atoms with E-state index in [0.29, 0.717) is 6.54 Å². The Bertz CT molecular complexity index is 728. The van der Waals surface area contributed by atoms with Crippen LogP contribution in [-0.2, 0) is 0 Å². The molecule has 1 saturated heterocycles. The maximum Gasteiger partial charge on any atom is 0.271 e. The molecule has 2 aromatic rings. The molecule has 2 heterocycles. The third kappa shape index (κ3) is 3.55. The number of hydrogen-bond acceptors (Lipinski definition) is 4. The van der Waals surface area contributed by atoms with Crippen molar-refractivity contribution in [3.8, 4) is 0 Å². The highest BCUT2D eigenvalue weighted by molar-refractivity contribution is 6.30. The van der Waals surface area contributed by atoms with Gasteiger partial charge in [-0.3, -0.25) is 14.7 Å². The van der Waals surface area contributed by atoms with Crippen LogP contribution in [0, 0.1) is 11.7 Å². The number of hydrogen-bond donors (Lipinski definition) is 1. The van der Waals surface area contributed by atoms with Crippen molar-refractivity contribution in [2.75, 3.05) is 20.1 Å². The molecule has 0 bridgehead atoms. The summed E-state index contributed by atoms with van der Waals surface area (Å²) >= 11 is 5.77. The van der Waals surface area contributed by atoms with Crippen LogP contribution in [0.5, 0.6) is 0 Å². The van der Waals surface area contributed by atoms with E-state index < -0.39 is 5.82 Å². The zero-order valence-corrected chi connectivity index (χ0v) is 14.0. The van der Waals surface area contributed by atoms with Gasteiger partial charge in [-0.15, -0.1) is 0 Å². The molecule has 5 nitrogen and oxygen atoms in total. The number of nitrogens with zero attached hydrogens (tertiary/aromatic N) is 3. The molecule has 126 valence electrons. The van der Waals surface area contributed by atoms with Gasteiger partial charge in [-0.2, -0.15) is 0 Å². The van der Waals surface area contributed by atoms with Crippen LogP contribution in [0.2, 0.25) is 5.02 Å². The molecule has 1 aromatic carbocycles. The van der Waals surface area contributed by atoms with Crippen molar-refractivity contribution in [2.45, 2.75) is 12.5 Å². The average Bonchev–Trinajstić information content (AvgIpc) is 2.96. The Labute approximate surface area is 144 Å². The lowest BCUT2D eigenvalue weighted by Gasteiger charge is -2.26. The highest BCUT2D eigenvalue weighted by Crippen LogP contribution is 2.36. The Morgan fingerprint density at radius 1 is 1.46 bits per heavy atom. The Morgan fingerprint density at radius 2 is 2.29 bits per heavy atom. The second-order valence-electron chi connectivity index (χ2n) is 5.95. The third-order valence-electron chi connectivity index (χ3n) is 4.38. The molecular weight excluding hydrogens is 331 g/mol. The quantitative estimate of drug-likeness (QED) is 0.923. The molecule has 0 unspecified atom stereocenters. The highest BCUT2D eigenvalue weighted by Gasteiger charge is 2.33. The summed E-state index contributed by atoms with van der Waals surface area (Å²) in [6, 6.07) is 4.94. The molecule has 2 atom stereocenters. The number of aromatic nitrogens is 2. The molecule has 0 aliphatic carbocycles. The molecule has 1 aliphatic rings. The van der Waals surface area contributed by atoms with Crippen LogP contribution in [0.15, 0.2) is 36.8 Å². The average molecular weight is 349 g/mol. The van der Waals surface area contributed by atoms with Crippen LogP contribution in [0.4, 0.5) is 4.39 Å². The van der Waals surface area contributed by atoms with E-state index >= 15 is 0 Å². The molecule has 1 fully saturated rings. The van der Waals surface area contributed by atoms with Crippen molar-refractivity contribution in [3.05, 3.63) is 58.9 Å². The fourth-order valence-electron chi connectivity index (χ4n) is 3.19. The Morgan fingerprint density at radius 3 is 3.00 bits per heavy atom. The number of nitrogens with one attached hydrogen (secondary N) is 1. The lowest BCUT2D eigenvalue weighted by Crippen LogP contribution is -2.32. The van der Waals surface area contributed by atoms with Crippen molar-refractivity contribution in [1.82, 2.24) is 20.2 Å². The van der Waals surface area contributed by atoms with Gasteiger partial charge in [0.15, 0.2) is 0 Å². The second-order valence-corrected chi connectivity index (χ2v) is 6.36. The van der Waals surface area contributed by atoms with E-state index in [0.717, 1.165) is 18.5 Å². The lowest BCUT2D eigenvalue weighted by molar-refractivity contribution is 0.0938. The predicted molar refractivity (Wildman–Crippen MR) is 89.3 cm³/mol. The molecule has 7 heteroatoms. The number of carbonyl (C=O) groups is 1. The fourth-order valence-corrected chi connectivity index (χ4v) is 3.31. The largest absolute Gasteiger partial charge is 0.350 e. The molecule has 0 radical (unpaired) electrons. The monoisotopic (exact) mass is 348 g/mol. The molecular formula is C17H18ClFN4O. The van der Waals surface area contributed by atoms with E-state index in [9.17, 15) is 9.18 Å². The molecule has 1 aliphatic heterocycles. The SMILES string of the molecule is CN1CC[C@H](CNC(=O)c2cnccn2)[C@@H]1c1ccc(Cl)c(F)c1. The van der Waals surface area contributed by atoms with E-state index in [1.165, 1.54) is 24.7 Å². The van der Waals surface area contributed by atoms with Crippen LogP contribution in [0.25, 0.3) is 0 Å². The second kappa shape index (κ2) is 7.23. The Hall–Kier alpha value is -2.05. The summed E-state index contributed by atoms with van der Waals surface area (Å²) in [4.78, 5) is 22.2. The topological polar surface area (TPSA) is 58.1 Å². The van der Waals surface area contributed by atoms with Gasteiger partial charge in [-0.25, -0.2) is 9.37 Å². The molecule has 1 N–H and O–H groups in total. The number of benzene rings is 1. The van der Waals surface area contributed by atoms with E-state index in [1.54, 1.807) is 6.07 Å². The van der Waals surface area contributed by atoms with Gasteiger partial charge in [0, 0.05) is 25.0 Å². The first-order valence-electron chi connectivity index (χ1n) is 7.75. The number of likely N-dealkylation sites (tertiary alicyclic amines) is 1. The maximum absolute atomic E-state index is 13.8. The molecule has 1 aromatic heterocycles. The van der Waals surface area contributed by atoms with Crippen molar-refractivity contribution < 1.29 is 9.18 Å². The van der Waals surface area contributed by atoms with E-state index in [-0.39, 0.29) is 28.6 Å². The first kappa shape index (κ1) is 16.8. The number of amides is 1. The summed E-state index contributed by atoms with van der Waals surface area (Å²) in [5, 5.41) is 3.02. The number of rotatable bonds is 4. The minimum absolute atomic E-state index is 0.0407. The van der Waals surface area contributed by atoms with Gasteiger partial charge in [-0.05, 0) is 43.6 Å². The fraction of sp³-hybridized carbons (Fsp3) is 0.353. The van der Waals surface area contributed by atoms with Crippen molar-refractivity contribution in [1.29, 1.82) is 0 Å². The summed E-state index contributed by atoms with van der Waals surface area (Å²) in [5.74, 6) is -0.480. The summed E-state index contributed by atoms with van der Waals surface area (Å²) in [5.41, 5.74) is 1.16. The molecule has 0 saturated carbocycles. The van der Waals surface area contributed by atoms with Gasteiger partial charge in [0.1, 0.15) is 11.5 Å². The highest BCUT2D eigenvalue weighted by atomic mass is 35.5. The lowest BCUT2D eigenvalue weighted by atomic mass is 9.93. The summed E-state index contributed by atoms with van der Waals surface area (Å²) < 4.78 is 13.8. The van der Waals surface area contributed by atoms with Gasteiger partial charge < -0.3 is 5.32 Å². The van der Waals surface area contributed by atoms with Crippen LogP contribution in [0.3, 0.4) is 0 Å². The van der Waals surface area contributed by atoms with Gasteiger partial charge in [0.25, 0.3) is 5.91 Å². The van der Waals surface area contributed by atoms with Gasteiger partial charge in [0.05, 0.1) is 11.2 Å². The zero-order chi connectivity index (χ0) is 17.1. The maximum atomic E-state index is 13.8. The first-order valence-corrected chi connectivity index (χ1v) is 8.13. The summed E-state index contributed by atoms with van der Waals surface area (Å²) in [6.07, 6.45) is 5.36. The first-order chi connectivity index (χ1) is 11.6. The van der Waals surface area contributed by atoms with Crippen molar-refractivity contribution in [3.63, 3.8) is 0 Å².